The SMILES string of the molecule is C=CCn1nnnc1C(NCCCn1ccnc1)c1cc(C)ccc1O. The number of aryl methyl sites for hydroxylation is 2. The van der Waals surface area contributed by atoms with Crippen LogP contribution in [0.15, 0.2) is 49.6 Å². The molecule has 0 aliphatic rings. The number of nitrogens with zero attached hydrogens (tertiary/aromatic N) is 6. The van der Waals surface area contributed by atoms with Crippen LogP contribution in [0.1, 0.15) is 29.4 Å². The molecule has 0 bridgehead atoms. The predicted octanol–water partition coefficient (Wildman–Crippen LogP) is 1.84. The standard InChI is InChI=1S/C18H23N7O/c1-3-9-25-18(21-22-23-25)17(15-12-14(2)5-6-16(15)26)20-7-4-10-24-11-8-19-13-24/h3,5-6,8,11-13,17,20,26H,1,4,7,9-10H2,2H3. The van der Waals surface area contributed by atoms with Crippen molar-refractivity contribution in [3.63, 3.8) is 0 Å². The van der Waals surface area contributed by atoms with Crippen LogP contribution in [0, 0.1) is 6.92 Å². The van der Waals surface area contributed by atoms with Crippen molar-refractivity contribution in [1.29, 1.82) is 0 Å². The lowest BCUT2D eigenvalue weighted by Gasteiger charge is -2.20. The second kappa shape index (κ2) is 8.39. The van der Waals surface area contributed by atoms with Crippen LogP contribution in [0.3, 0.4) is 0 Å². The molecule has 1 unspecified atom stereocenters. The van der Waals surface area contributed by atoms with Gasteiger partial charge in [-0.3, -0.25) is 0 Å². The first-order valence-electron chi connectivity index (χ1n) is 8.54. The number of allylic oxidation sites excluding steroid dienone is 1. The summed E-state index contributed by atoms with van der Waals surface area (Å²) in [5.74, 6) is 0.865. The molecule has 8 heteroatoms. The first-order chi connectivity index (χ1) is 12.7. The Labute approximate surface area is 152 Å². The Balaban J connectivity index is 1.80. The fraction of sp³-hybridized carbons (Fsp3) is 0.333. The largest absolute Gasteiger partial charge is 0.508 e. The first-order valence-corrected chi connectivity index (χ1v) is 8.54. The highest BCUT2D eigenvalue weighted by molar-refractivity contribution is 5.40. The summed E-state index contributed by atoms with van der Waals surface area (Å²) in [7, 11) is 0. The Hall–Kier alpha value is -3.00. The average Bonchev–Trinajstić information content (AvgIpc) is 3.30. The lowest BCUT2D eigenvalue weighted by atomic mass is 10.0. The molecule has 0 amide bonds. The Morgan fingerprint density at radius 3 is 3.04 bits per heavy atom. The summed E-state index contributed by atoms with van der Waals surface area (Å²) in [6, 6.07) is 5.22. The molecule has 8 nitrogen and oxygen atoms in total. The molecule has 1 aromatic carbocycles. The van der Waals surface area contributed by atoms with Crippen LogP contribution in [0.25, 0.3) is 0 Å². The number of aromatic nitrogens is 6. The normalized spacial score (nSPS) is 12.2. The van der Waals surface area contributed by atoms with Gasteiger partial charge in [0.05, 0.1) is 18.9 Å². The summed E-state index contributed by atoms with van der Waals surface area (Å²) >= 11 is 0. The van der Waals surface area contributed by atoms with Crippen molar-refractivity contribution >= 4 is 0 Å². The number of aromatic hydroxyl groups is 1. The van der Waals surface area contributed by atoms with Gasteiger partial charge < -0.3 is 15.0 Å². The van der Waals surface area contributed by atoms with Crippen LogP contribution in [0.2, 0.25) is 0 Å². The number of phenolic OH excluding ortho intramolecular Hbond substituents is 1. The number of phenols is 1. The van der Waals surface area contributed by atoms with Crippen molar-refractivity contribution in [2.75, 3.05) is 6.54 Å². The lowest BCUT2D eigenvalue weighted by Crippen LogP contribution is -2.27. The maximum Gasteiger partial charge on any atom is 0.173 e. The van der Waals surface area contributed by atoms with Gasteiger partial charge in [0.15, 0.2) is 5.82 Å². The number of rotatable bonds is 9. The Morgan fingerprint density at radius 2 is 2.27 bits per heavy atom. The maximum absolute atomic E-state index is 10.4. The monoisotopic (exact) mass is 353 g/mol. The minimum atomic E-state index is -0.312. The van der Waals surface area contributed by atoms with Gasteiger partial charge in [-0.2, -0.15) is 0 Å². The molecule has 26 heavy (non-hydrogen) atoms. The van der Waals surface area contributed by atoms with Gasteiger partial charge in [-0.25, -0.2) is 9.67 Å². The van der Waals surface area contributed by atoms with Crippen LogP contribution in [0.4, 0.5) is 0 Å². The molecule has 0 radical (unpaired) electrons. The minimum Gasteiger partial charge on any atom is -0.508 e. The van der Waals surface area contributed by atoms with E-state index in [4.69, 9.17) is 0 Å². The van der Waals surface area contributed by atoms with Crippen molar-refractivity contribution in [3.05, 3.63) is 66.5 Å². The quantitative estimate of drug-likeness (QED) is 0.450. The average molecular weight is 353 g/mol. The van der Waals surface area contributed by atoms with Crippen LogP contribution in [-0.4, -0.2) is 41.4 Å². The van der Waals surface area contributed by atoms with Crippen molar-refractivity contribution in [2.45, 2.75) is 32.5 Å². The third-order valence-electron chi connectivity index (χ3n) is 4.11. The third kappa shape index (κ3) is 4.15. The van der Waals surface area contributed by atoms with Crippen molar-refractivity contribution < 1.29 is 5.11 Å². The van der Waals surface area contributed by atoms with E-state index in [1.165, 1.54) is 0 Å². The third-order valence-corrected chi connectivity index (χ3v) is 4.11. The van der Waals surface area contributed by atoms with E-state index in [9.17, 15) is 5.11 Å². The van der Waals surface area contributed by atoms with E-state index in [0.29, 0.717) is 12.4 Å². The summed E-state index contributed by atoms with van der Waals surface area (Å²) in [5.41, 5.74) is 1.82. The van der Waals surface area contributed by atoms with Gasteiger partial charge in [0.2, 0.25) is 0 Å². The highest BCUT2D eigenvalue weighted by Crippen LogP contribution is 2.29. The van der Waals surface area contributed by atoms with Crippen LogP contribution >= 0.6 is 0 Å². The molecule has 3 rings (SSSR count). The molecule has 0 aliphatic carbocycles. The van der Waals surface area contributed by atoms with Gasteiger partial charge in [0.1, 0.15) is 5.75 Å². The van der Waals surface area contributed by atoms with E-state index in [0.717, 1.165) is 30.6 Å². The molecule has 136 valence electrons. The van der Waals surface area contributed by atoms with Crippen LogP contribution < -0.4 is 5.32 Å². The number of hydrogen-bond donors (Lipinski definition) is 2. The van der Waals surface area contributed by atoms with Gasteiger partial charge in [0.25, 0.3) is 0 Å². The summed E-state index contributed by atoms with van der Waals surface area (Å²) in [6.07, 6.45) is 8.15. The highest BCUT2D eigenvalue weighted by Gasteiger charge is 2.23. The van der Waals surface area contributed by atoms with E-state index in [1.54, 1.807) is 29.3 Å². The van der Waals surface area contributed by atoms with E-state index in [1.807, 2.05) is 29.8 Å². The zero-order valence-corrected chi connectivity index (χ0v) is 14.8. The number of tetrazole rings is 1. The van der Waals surface area contributed by atoms with E-state index < -0.39 is 0 Å². The predicted molar refractivity (Wildman–Crippen MR) is 97.5 cm³/mol. The number of nitrogens with one attached hydrogen (secondary N) is 1. The Morgan fingerprint density at radius 1 is 1.38 bits per heavy atom. The van der Waals surface area contributed by atoms with Crippen LogP contribution in [0.5, 0.6) is 5.75 Å². The summed E-state index contributed by atoms with van der Waals surface area (Å²) in [5, 5.41) is 25.8. The summed E-state index contributed by atoms with van der Waals surface area (Å²) in [4.78, 5) is 4.05. The van der Waals surface area contributed by atoms with Crippen molar-refractivity contribution in [1.82, 2.24) is 35.1 Å². The van der Waals surface area contributed by atoms with Crippen LogP contribution in [-0.2, 0) is 13.1 Å². The molecule has 0 spiro atoms. The fourth-order valence-electron chi connectivity index (χ4n) is 2.84. The molecule has 1 atom stereocenters. The molecule has 2 N–H and O–H groups in total. The molecular formula is C18H23N7O. The number of imidazole rings is 1. The molecule has 0 fully saturated rings. The smallest absolute Gasteiger partial charge is 0.173 e. The molecular weight excluding hydrogens is 330 g/mol. The summed E-state index contributed by atoms with van der Waals surface area (Å²) < 4.78 is 3.71. The van der Waals surface area contributed by atoms with E-state index >= 15 is 0 Å². The topological polar surface area (TPSA) is 93.7 Å². The molecule has 2 heterocycles. The van der Waals surface area contributed by atoms with Gasteiger partial charge in [0, 0.05) is 24.5 Å². The van der Waals surface area contributed by atoms with Gasteiger partial charge in [-0.15, -0.1) is 11.7 Å². The Kier molecular flexibility index (Phi) is 5.75. The second-order valence-electron chi connectivity index (χ2n) is 6.11. The minimum absolute atomic E-state index is 0.218. The molecule has 0 aliphatic heterocycles. The van der Waals surface area contributed by atoms with Gasteiger partial charge in [-0.05, 0) is 36.4 Å². The van der Waals surface area contributed by atoms with Crippen molar-refractivity contribution in [2.24, 2.45) is 0 Å². The van der Waals surface area contributed by atoms with Gasteiger partial charge in [-0.1, -0.05) is 23.8 Å². The van der Waals surface area contributed by atoms with E-state index in [-0.39, 0.29) is 11.8 Å². The molecule has 0 saturated carbocycles. The Bertz CT molecular complexity index is 841. The number of hydrogen-bond acceptors (Lipinski definition) is 6. The molecule has 0 saturated heterocycles. The van der Waals surface area contributed by atoms with Gasteiger partial charge >= 0.3 is 0 Å². The van der Waals surface area contributed by atoms with E-state index in [2.05, 4.69) is 32.4 Å². The molecule has 2 aromatic heterocycles. The second-order valence-corrected chi connectivity index (χ2v) is 6.11. The zero-order chi connectivity index (χ0) is 18.4. The summed E-state index contributed by atoms with van der Waals surface area (Å²) in [6.45, 7) is 7.83. The van der Waals surface area contributed by atoms with Crippen molar-refractivity contribution in [3.8, 4) is 5.75 Å². The first kappa shape index (κ1) is 17.8. The fourth-order valence-corrected chi connectivity index (χ4v) is 2.84. The lowest BCUT2D eigenvalue weighted by molar-refractivity contribution is 0.445. The zero-order valence-electron chi connectivity index (χ0n) is 14.8. The molecule has 3 aromatic rings. The highest BCUT2D eigenvalue weighted by atomic mass is 16.3. The number of benzene rings is 1. The maximum atomic E-state index is 10.4.